The Morgan fingerprint density at radius 1 is 1.24 bits per heavy atom. The molecule has 0 bridgehead atoms. The molecular formula is C18H28N4O3. The molecule has 0 atom stereocenters. The van der Waals surface area contributed by atoms with Gasteiger partial charge in [0.1, 0.15) is 0 Å². The lowest BCUT2D eigenvalue weighted by Crippen LogP contribution is -2.37. The quantitative estimate of drug-likeness (QED) is 0.489. The summed E-state index contributed by atoms with van der Waals surface area (Å²) in [5, 5.41) is 6.02. The Kier molecular flexibility index (Phi) is 7.37. The van der Waals surface area contributed by atoms with E-state index in [0.717, 1.165) is 18.4 Å². The van der Waals surface area contributed by atoms with Crippen molar-refractivity contribution in [2.45, 2.75) is 44.7 Å². The summed E-state index contributed by atoms with van der Waals surface area (Å²) in [6.45, 7) is 0.896. The van der Waals surface area contributed by atoms with Gasteiger partial charge in [0.25, 0.3) is 0 Å². The van der Waals surface area contributed by atoms with Gasteiger partial charge in [-0.1, -0.05) is 18.9 Å². The number of nitrogens with one attached hydrogen (secondary N) is 2. The number of nitrogens with two attached hydrogens (primary N) is 1. The van der Waals surface area contributed by atoms with Crippen molar-refractivity contribution >= 4 is 11.9 Å². The summed E-state index contributed by atoms with van der Waals surface area (Å²) in [5.74, 6) is 1.72. The van der Waals surface area contributed by atoms with Crippen LogP contribution < -0.4 is 25.8 Å². The molecule has 1 aliphatic carbocycles. The largest absolute Gasteiger partial charge is 0.493 e. The molecule has 0 spiro atoms. The molecular weight excluding hydrogens is 320 g/mol. The summed E-state index contributed by atoms with van der Waals surface area (Å²) in [5.41, 5.74) is 6.81. The lowest BCUT2D eigenvalue weighted by atomic mass is 10.2. The van der Waals surface area contributed by atoms with Crippen LogP contribution in [0.5, 0.6) is 11.5 Å². The van der Waals surface area contributed by atoms with Crippen LogP contribution in [-0.4, -0.2) is 38.7 Å². The Morgan fingerprint density at radius 3 is 2.64 bits per heavy atom. The molecule has 0 radical (unpaired) electrons. The third kappa shape index (κ3) is 6.17. The first kappa shape index (κ1) is 18.9. The monoisotopic (exact) mass is 348 g/mol. The van der Waals surface area contributed by atoms with Crippen LogP contribution in [0, 0.1) is 0 Å². The molecule has 1 aromatic rings. The molecule has 25 heavy (non-hydrogen) atoms. The Morgan fingerprint density at radius 2 is 1.96 bits per heavy atom. The van der Waals surface area contributed by atoms with Gasteiger partial charge in [0, 0.05) is 19.0 Å². The number of hydrogen-bond acceptors (Lipinski definition) is 4. The number of hydrogen-bond donors (Lipinski definition) is 3. The number of aliphatic imine (C=N–C) groups is 1. The van der Waals surface area contributed by atoms with E-state index in [2.05, 4.69) is 15.6 Å². The fourth-order valence-electron chi connectivity index (χ4n) is 2.89. The number of methoxy groups -OCH3 is 2. The topological polar surface area (TPSA) is 98.0 Å². The van der Waals surface area contributed by atoms with E-state index < -0.39 is 0 Å². The smallest absolute Gasteiger partial charge is 0.221 e. The van der Waals surface area contributed by atoms with Crippen molar-refractivity contribution < 1.29 is 14.3 Å². The molecule has 2 rings (SSSR count). The second kappa shape index (κ2) is 9.76. The fraction of sp³-hybridized carbons (Fsp3) is 0.556. The first-order valence-corrected chi connectivity index (χ1v) is 8.66. The number of ether oxygens (including phenoxy) is 2. The van der Waals surface area contributed by atoms with Crippen molar-refractivity contribution in [2.75, 3.05) is 20.8 Å². The minimum absolute atomic E-state index is 0.0621. The van der Waals surface area contributed by atoms with Gasteiger partial charge in [-0.05, 0) is 30.5 Å². The van der Waals surface area contributed by atoms with Crippen LogP contribution in [0.25, 0.3) is 0 Å². The summed E-state index contributed by atoms with van der Waals surface area (Å²) < 4.78 is 10.5. The predicted octanol–water partition coefficient (Wildman–Crippen LogP) is 1.56. The zero-order valence-electron chi connectivity index (χ0n) is 15.0. The maximum absolute atomic E-state index is 11.8. The van der Waals surface area contributed by atoms with Crippen LogP contribution in [0.2, 0.25) is 0 Å². The molecule has 4 N–H and O–H groups in total. The van der Waals surface area contributed by atoms with E-state index in [1.165, 1.54) is 12.8 Å². The second-order valence-electron chi connectivity index (χ2n) is 6.12. The van der Waals surface area contributed by atoms with Crippen molar-refractivity contribution in [3.63, 3.8) is 0 Å². The minimum Gasteiger partial charge on any atom is -0.493 e. The number of guanidine groups is 1. The summed E-state index contributed by atoms with van der Waals surface area (Å²) >= 11 is 0. The molecule has 1 amide bonds. The molecule has 0 heterocycles. The van der Waals surface area contributed by atoms with Crippen molar-refractivity contribution in [2.24, 2.45) is 10.7 Å². The zero-order chi connectivity index (χ0) is 18.1. The molecule has 138 valence electrons. The van der Waals surface area contributed by atoms with Crippen molar-refractivity contribution in [1.82, 2.24) is 10.6 Å². The highest BCUT2D eigenvalue weighted by atomic mass is 16.5. The molecule has 0 unspecified atom stereocenters. The number of benzene rings is 1. The lowest BCUT2D eigenvalue weighted by Gasteiger charge is -2.12. The standard InChI is InChI=1S/C18H28N4O3/c1-24-15-8-7-13(11-16(15)25-2)12-21-18(19)20-10-9-17(23)22-14-5-3-4-6-14/h7-8,11,14H,3-6,9-10,12H2,1-2H3,(H,22,23)(H3,19,20,21). The summed E-state index contributed by atoms with van der Waals surface area (Å²) in [6.07, 6.45) is 4.99. The average Bonchev–Trinajstić information content (AvgIpc) is 3.12. The second-order valence-corrected chi connectivity index (χ2v) is 6.12. The number of nitrogens with zero attached hydrogens (tertiary/aromatic N) is 1. The van der Waals surface area contributed by atoms with Gasteiger partial charge in [-0.2, -0.15) is 0 Å². The van der Waals surface area contributed by atoms with Gasteiger partial charge in [0.05, 0.1) is 20.8 Å². The van der Waals surface area contributed by atoms with Crippen LogP contribution in [0.3, 0.4) is 0 Å². The minimum atomic E-state index is 0.0621. The van der Waals surface area contributed by atoms with Crippen molar-refractivity contribution in [3.8, 4) is 11.5 Å². The Labute approximate surface area is 149 Å². The van der Waals surface area contributed by atoms with E-state index in [0.29, 0.717) is 43.0 Å². The zero-order valence-corrected chi connectivity index (χ0v) is 15.0. The Hall–Kier alpha value is -2.44. The maximum Gasteiger partial charge on any atom is 0.221 e. The van der Waals surface area contributed by atoms with E-state index in [-0.39, 0.29) is 5.91 Å². The summed E-state index contributed by atoms with van der Waals surface area (Å²) in [4.78, 5) is 16.1. The van der Waals surface area contributed by atoms with Crippen LogP contribution in [-0.2, 0) is 11.3 Å². The van der Waals surface area contributed by atoms with Crippen molar-refractivity contribution in [3.05, 3.63) is 23.8 Å². The maximum atomic E-state index is 11.8. The van der Waals surface area contributed by atoms with Gasteiger partial charge in [-0.3, -0.25) is 4.79 Å². The predicted molar refractivity (Wildman–Crippen MR) is 97.9 cm³/mol. The van der Waals surface area contributed by atoms with Gasteiger partial charge in [0.15, 0.2) is 17.5 Å². The molecule has 7 nitrogen and oxygen atoms in total. The molecule has 1 fully saturated rings. The highest BCUT2D eigenvalue weighted by Crippen LogP contribution is 2.27. The molecule has 1 aromatic carbocycles. The van der Waals surface area contributed by atoms with Crippen LogP contribution >= 0.6 is 0 Å². The van der Waals surface area contributed by atoms with E-state index in [1.807, 2.05) is 18.2 Å². The number of carbonyl (C=O) groups is 1. The third-order valence-corrected chi connectivity index (χ3v) is 4.26. The Balaban J connectivity index is 1.73. The lowest BCUT2D eigenvalue weighted by molar-refractivity contribution is -0.121. The average molecular weight is 348 g/mol. The molecule has 0 saturated heterocycles. The highest BCUT2D eigenvalue weighted by molar-refractivity contribution is 5.80. The van der Waals surface area contributed by atoms with E-state index in [9.17, 15) is 4.79 Å². The molecule has 0 aromatic heterocycles. The first-order chi connectivity index (χ1) is 12.1. The number of rotatable bonds is 8. The number of carbonyl (C=O) groups excluding carboxylic acids is 1. The van der Waals surface area contributed by atoms with Gasteiger partial charge in [-0.25, -0.2) is 4.99 Å². The first-order valence-electron chi connectivity index (χ1n) is 8.66. The van der Waals surface area contributed by atoms with Crippen LogP contribution in [0.1, 0.15) is 37.7 Å². The SMILES string of the molecule is COc1ccc(CN=C(N)NCCC(=O)NC2CCCC2)cc1OC. The summed E-state index contributed by atoms with van der Waals surface area (Å²) in [6, 6.07) is 5.96. The van der Waals surface area contributed by atoms with E-state index >= 15 is 0 Å². The molecule has 7 heteroatoms. The van der Waals surface area contributed by atoms with Gasteiger partial charge in [-0.15, -0.1) is 0 Å². The normalized spacial score (nSPS) is 15.0. The van der Waals surface area contributed by atoms with E-state index in [1.54, 1.807) is 14.2 Å². The van der Waals surface area contributed by atoms with Gasteiger partial charge in [0.2, 0.25) is 5.91 Å². The fourth-order valence-corrected chi connectivity index (χ4v) is 2.89. The third-order valence-electron chi connectivity index (χ3n) is 4.26. The van der Waals surface area contributed by atoms with E-state index in [4.69, 9.17) is 15.2 Å². The van der Waals surface area contributed by atoms with Crippen LogP contribution in [0.4, 0.5) is 0 Å². The summed E-state index contributed by atoms with van der Waals surface area (Å²) in [7, 11) is 3.19. The molecule has 1 aliphatic rings. The molecule has 1 saturated carbocycles. The molecule has 0 aliphatic heterocycles. The Bertz CT molecular complexity index is 598. The highest BCUT2D eigenvalue weighted by Gasteiger charge is 2.16. The van der Waals surface area contributed by atoms with Crippen LogP contribution in [0.15, 0.2) is 23.2 Å². The van der Waals surface area contributed by atoms with Gasteiger partial charge < -0.3 is 25.8 Å². The van der Waals surface area contributed by atoms with Gasteiger partial charge >= 0.3 is 0 Å². The van der Waals surface area contributed by atoms with Crippen molar-refractivity contribution in [1.29, 1.82) is 0 Å². The number of amides is 1.